The van der Waals surface area contributed by atoms with Crippen LogP contribution in [-0.2, 0) is 19.1 Å². The van der Waals surface area contributed by atoms with Gasteiger partial charge in [-0.1, -0.05) is 68.2 Å². The lowest BCUT2D eigenvalue weighted by atomic mass is 10.0. The SMILES string of the molecule is COC(=O)N[C@H](C(=O)N1CC2(CC2)C[C@H]1c1nc2ccc(C#Cc3ccc(-c4cnc([C@@H]5CC6(CC6)CN5C(=O)[C@@H](NC(=O)OC)C(C)C)[nH]4)cc3)cc2[nH]1)c1ccccc1. The first-order valence-corrected chi connectivity index (χ1v) is 21.0. The number of benzene rings is 3. The summed E-state index contributed by atoms with van der Waals surface area (Å²) in [6, 6.07) is 21.0. The number of aromatic nitrogens is 4. The molecule has 0 radical (unpaired) electrons. The van der Waals surface area contributed by atoms with E-state index in [0.29, 0.717) is 24.5 Å². The average Bonchev–Trinajstić information content (AvgIpc) is 3.89. The van der Waals surface area contributed by atoms with Crippen LogP contribution in [0.25, 0.3) is 22.3 Å². The Kier molecular flexibility index (Phi) is 10.3. The lowest BCUT2D eigenvalue weighted by Gasteiger charge is -2.30. The minimum absolute atomic E-state index is 0.0672. The Morgan fingerprint density at radius 3 is 2.00 bits per heavy atom. The van der Waals surface area contributed by atoms with Crippen LogP contribution in [0, 0.1) is 28.6 Å². The van der Waals surface area contributed by atoms with Crippen LogP contribution < -0.4 is 10.6 Å². The predicted octanol–water partition coefficient (Wildman–Crippen LogP) is 6.94. The Morgan fingerprint density at radius 2 is 1.36 bits per heavy atom. The zero-order valence-corrected chi connectivity index (χ0v) is 34.8. The number of imidazole rings is 2. The third-order valence-corrected chi connectivity index (χ3v) is 13.0. The summed E-state index contributed by atoms with van der Waals surface area (Å²) in [5.74, 6) is 7.61. The van der Waals surface area contributed by atoms with E-state index in [9.17, 15) is 19.2 Å². The lowest BCUT2D eigenvalue weighted by Crippen LogP contribution is -2.51. The Morgan fingerprint density at radius 1 is 0.754 bits per heavy atom. The number of ether oxygens (including phenoxy) is 2. The zero-order valence-electron chi connectivity index (χ0n) is 34.8. The van der Waals surface area contributed by atoms with Crippen molar-refractivity contribution in [3.63, 3.8) is 0 Å². The van der Waals surface area contributed by atoms with Crippen LogP contribution in [-0.4, -0.2) is 87.1 Å². The third kappa shape index (κ3) is 8.04. The number of hydrogen-bond donors (Lipinski definition) is 4. The van der Waals surface area contributed by atoms with Gasteiger partial charge < -0.3 is 39.9 Å². The number of H-pyrrole nitrogens is 2. The fourth-order valence-electron chi connectivity index (χ4n) is 9.09. The smallest absolute Gasteiger partial charge is 0.407 e. The second-order valence-electron chi connectivity index (χ2n) is 17.6. The van der Waals surface area contributed by atoms with E-state index in [2.05, 4.69) is 32.4 Å². The van der Waals surface area contributed by atoms with Crippen LogP contribution in [0.3, 0.4) is 0 Å². The van der Waals surface area contributed by atoms with Crippen molar-refractivity contribution in [3.05, 3.63) is 107 Å². The number of rotatable bonds is 9. The molecule has 4 atom stereocenters. The number of hydrogen-bond acceptors (Lipinski definition) is 8. The molecule has 2 saturated carbocycles. The van der Waals surface area contributed by atoms with Crippen molar-refractivity contribution in [1.82, 2.24) is 40.4 Å². The molecule has 4 heterocycles. The number of nitrogens with one attached hydrogen (secondary N) is 4. The maximum absolute atomic E-state index is 14.2. The Hall–Kier alpha value is -6.62. The second-order valence-corrected chi connectivity index (χ2v) is 17.6. The zero-order chi connectivity index (χ0) is 42.5. The summed E-state index contributed by atoms with van der Waals surface area (Å²) < 4.78 is 9.69. The van der Waals surface area contributed by atoms with E-state index in [4.69, 9.17) is 19.4 Å². The van der Waals surface area contributed by atoms with Crippen LogP contribution in [0.4, 0.5) is 9.59 Å². The highest BCUT2D eigenvalue weighted by Crippen LogP contribution is 2.59. The molecule has 61 heavy (non-hydrogen) atoms. The number of carbonyl (C=O) groups is 4. The van der Waals surface area contributed by atoms with E-state index < -0.39 is 24.3 Å². The van der Waals surface area contributed by atoms with Gasteiger partial charge in [-0.15, -0.1) is 0 Å². The Labute approximate surface area is 354 Å². The van der Waals surface area contributed by atoms with Crippen molar-refractivity contribution >= 4 is 35.0 Å². The summed E-state index contributed by atoms with van der Waals surface area (Å²) in [7, 11) is 2.59. The van der Waals surface area contributed by atoms with Gasteiger partial charge in [0, 0.05) is 24.2 Å². The number of nitrogens with zero attached hydrogens (tertiary/aromatic N) is 4. The highest BCUT2D eigenvalue weighted by Gasteiger charge is 2.56. The first-order chi connectivity index (χ1) is 29.5. The molecule has 0 unspecified atom stereocenters. The minimum atomic E-state index is -0.890. The van der Waals surface area contributed by atoms with Gasteiger partial charge >= 0.3 is 12.2 Å². The fraction of sp³-hybridized carbons (Fsp3) is 0.404. The molecule has 2 saturated heterocycles. The van der Waals surface area contributed by atoms with Crippen LogP contribution in [0.1, 0.15) is 98.8 Å². The number of likely N-dealkylation sites (tertiary alicyclic amines) is 2. The predicted molar refractivity (Wildman–Crippen MR) is 226 cm³/mol. The number of carbonyl (C=O) groups excluding carboxylic acids is 4. The van der Waals surface area contributed by atoms with Gasteiger partial charge in [-0.3, -0.25) is 9.59 Å². The van der Waals surface area contributed by atoms with E-state index in [-0.39, 0.29) is 40.6 Å². The van der Waals surface area contributed by atoms with E-state index in [0.717, 1.165) is 77.8 Å². The first-order valence-electron chi connectivity index (χ1n) is 21.0. The number of fused-ring (bicyclic) bond motifs is 1. The molecular weight excluding hydrogens is 773 g/mol. The monoisotopic (exact) mass is 822 g/mol. The molecule has 14 heteroatoms. The molecule has 4 aliphatic rings. The molecule has 2 aliphatic heterocycles. The molecule has 314 valence electrons. The van der Waals surface area contributed by atoms with Crippen molar-refractivity contribution in [2.75, 3.05) is 27.3 Å². The third-order valence-electron chi connectivity index (χ3n) is 13.0. The quantitative estimate of drug-likeness (QED) is 0.116. The molecule has 2 aromatic heterocycles. The molecule has 5 aromatic rings. The van der Waals surface area contributed by atoms with Crippen molar-refractivity contribution in [2.24, 2.45) is 16.7 Å². The summed E-state index contributed by atoms with van der Waals surface area (Å²) in [6.07, 6.45) is 6.42. The number of alkyl carbamates (subject to hydrolysis) is 2. The molecule has 2 aliphatic carbocycles. The lowest BCUT2D eigenvalue weighted by molar-refractivity contribution is -0.136. The van der Waals surface area contributed by atoms with Gasteiger partial charge in [-0.2, -0.15) is 0 Å². The molecule has 0 bridgehead atoms. The average molecular weight is 823 g/mol. The maximum Gasteiger partial charge on any atom is 0.407 e. The molecule has 4 fully saturated rings. The molecule has 3 aromatic carbocycles. The van der Waals surface area contributed by atoms with Crippen molar-refractivity contribution in [3.8, 4) is 23.1 Å². The summed E-state index contributed by atoms with van der Waals surface area (Å²) in [5.41, 5.74) is 5.94. The Bertz CT molecular complexity index is 2550. The van der Waals surface area contributed by atoms with Gasteiger partial charge in [0.25, 0.3) is 5.91 Å². The number of aromatic amines is 2. The summed E-state index contributed by atoms with van der Waals surface area (Å²) in [4.78, 5) is 73.0. The number of methoxy groups -OCH3 is 2. The van der Waals surface area contributed by atoms with Crippen molar-refractivity contribution in [2.45, 2.75) is 76.5 Å². The van der Waals surface area contributed by atoms with Crippen LogP contribution in [0.15, 0.2) is 79.0 Å². The van der Waals surface area contributed by atoms with Crippen LogP contribution >= 0.6 is 0 Å². The van der Waals surface area contributed by atoms with Gasteiger partial charge in [0.2, 0.25) is 5.91 Å². The topological polar surface area (TPSA) is 175 Å². The standard InChI is InChI=1S/C47H50N8O6/c1-28(2)38(52-44(58)60-3)42(56)54-26-46(18-19-46)23-36(54)40-48-25-35(51-40)31-15-12-29(13-16-31)10-11-30-14-17-33-34(22-30)50-41(49-33)37-24-47(20-21-47)27-55(37)43(57)39(53-45(59)61-4)32-8-6-5-7-9-32/h5-9,12-17,22,25,28,36-39H,18-21,23-24,26-27H2,1-4H3,(H,48,51)(H,49,50)(H,52,58)(H,53,59)/t36-,37-,38-,39-/m0/s1. The minimum Gasteiger partial charge on any atom is -0.453 e. The van der Waals surface area contributed by atoms with Gasteiger partial charge in [0.1, 0.15) is 23.7 Å². The van der Waals surface area contributed by atoms with Crippen LogP contribution in [0.5, 0.6) is 0 Å². The second kappa shape index (κ2) is 15.8. The maximum atomic E-state index is 14.2. The van der Waals surface area contributed by atoms with E-state index >= 15 is 0 Å². The molecule has 9 rings (SSSR count). The molecule has 4 amide bonds. The Balaban J connectivity index is 0.895. The summed E-state index contributed by atoms with van der Waals surface area (Å²) in [6.45, 7) is 5.08. The molecule has 2 spiro atoms. The van der Waals surface area contributed by atoms with E-state index in [1.807, 2.05) is 103 Å². The highest BCUT2D eigenvalue weighted by molar-refractivity contribution is 5.88. The highest BCUT2D eigenvalue weighted by atomic mass is 16.5. The number of amides is 4. The summed E-state index contributed by atoms with van der Waals surface area (Å²) in [5, 5.41) is 5.50. The van der Waals surface area contributed by atoms with Gasteiger partial charge in [-0.25, -0.2) is 19.6 Å². The largest absolute Gasteiger partial charge is 0.453 e. The van der Waals surface area contributed by atoms with Crippen LogP contribution in [0.2, 0.25) is 0 Å². The van der Waals surface area contributed by atoms with Crippen molar-refractivity contribution < 1.29 is 28.7 Å². The summed E-state index contributed by atoms with van der Waals surface area (Å²) >= 11 is 0. The fourth-order valence-corrected chi connectivity index (χ4v) is 9.09. The first kappa shape index (κ1) is 39.8. The molecule has 4 N–H and O–H groups in total. The van der Waals surface area contributed by atoms with Gasteiger partial charge in [0.05, 0.1) is 49.2 Å². The van der Waals surface area contributed by atoms with Gasteiger partial charge in [-0.05, 0) is 96.7 Å². The molecule has 14 nitrogen and oxygen atoms in total. The van der Waals surface area contributed by atoms with E-state index in [1.165, 1.54) is 14.2 Å². The normalized spacial score (nSPS) is 20.3. The van der Waals surface area contributed by atoms with Gasteiger partial charge in [0.15, 0.2) is 0 Å². The van der Waals surface area contributed by atoms with Crippen molar-refractivity contribution in [1.29, 1.82) is 0 Å². The molecular formula is C47H50N8O6. The van der Waals surface area contributed by atoms with E-state index in [1.54, 1.807) is 0 Å².